The predicted octanol–water partition coefficient (Wildman–Crippen LogP) is 1.80. The van der Waals surface area contributed by atoms with Crippen molar-refractivity contribution in [2.24, 2.45) is 11.8 Å². The van der Waals surface area contributed by atoms with E-state index in [9.17, 15) is 14.4 Å². The van der Waals surface area contributed by atoms with Crippen molar-refractivity contribution in [2.75, 3.05) is 0 Å². The van der Waals surface area contributed by atoms with E-state index in [-0.39, 0.29) is 5.92 Å². The molecule has 0 aliphatic heterocycles. The summed E-state index contributed by atoms with van der Waals surface area (Å²) < 4.78 is 5.36. The van der Waals surface area contributed by atoms with E-state index in [1.54, 1.807) is 0 Å². The van der Waals surface area contributed by atoms with Crippen molar-refractivity contribution in [2.45, 2.75) is 64.9 Å². The molecule has 1 atom stereocenters. The quantitative estimate of drug-likeness (QED) is 0.638. The number of rotatable bonds is 6. The van der Waals surface area contributed by atoms with E-state index in [0.29, 0.717) is 5.92 Å². The Morgan fingerprint density at radius 2 is 1.65 bits per heavy atom. The van der Waals surface area contributed by atoms with Crippen molar-refractivity contribution < 1.29 is 18.8 Å². The van der Waals surface area contributed by atoms with Crippen LogP contribution >= 0.6 is 0 Å². The third-order valence-electron chi connectivity index (χ3n) is 4.32. The zero-order valence-electron chi connectivity index (χ0n) is 11.1. The lowest BCUT2D eigenvalue weighted by atomic mass is 9.75. The normalized spacial score (nSPS) is 22.1. The second-order valence-electron chi connectivity index (χ2n) is 5.35. The molecule has 1 aliphatic rings. The molecular formula is C12H26O4Si. The summed E-state index contributed by atoms with van der Waals surface area (Å²) in [7, 11) is -4.46. The van der Waals surface area contributed by atoms with Gasteiger partial charge in [0.05, 0.1) is 5.60 Å². The molecule has 5 heteroatoms. The standard InChI is InChI=1S/C12H26O4Si/c1-4-10(5-2)12(3,16-17(13,14)15)11-8-6-7-9-11/h10-11,13-15H,4-9H2,1-3H3. The molecule has 1 rings (SSSR count). The largest absolute Gasteiger partial charge is 0.671 e. The van der Waals surface area contributed by atoms with E-state index in [2.05, 4.69) is 13.8 Å². The maximum absolute atomic E-state index is 9.28. The van der Waals surface area contributed by atoms with Gasteiger partial charge < -0.3 is 18.8 Å². The van der Waals surface area contributed by atoms with E-state index in [4.69, 9.17) is 4.43 Å². The monoisotopic (exact) mass is 262 g/mol. The fraction of sp³-hybridized carbons (Fsp3) is 1.00. The van der Waals surface area contributed by atoms with Gasteiger partial charge in [-0.1, -0.05) is 39.5 Å². The van der Waals surface area contributed by atoms with Gasteiger partial charge in [-0.3, -0.25) is 0 Å². The maximum Gasteiger partial charge on any atom is 0.671 e. The predicted molar refractivity (Wildman–Crippen MR) is 67.9 cm³/mol. The summed E-state index contributed by atoms with van der Waals surface area (Å²) in [4.78, 5) is 27.8. The van der Waals surface area contributed by atoms with Gasteiger partial charge >= 0.3 is 9.05 Å². The van der Waals surface area contributed by atoms with Crippen LogP contribution in [0.1, 0.15) is 59.3 Å². The lowest BCUT2D eigenvalue weighted by Gasteiger charge is -2.43. The molecule has 1 saturated carbocycles. The molecule has 1 fully saturated rings. The highest BCUT2D eigenvalue weighted by Gasteiger charge is 2.49. The Morgan fingerprint density at radius 3 is 2.00 bits per heavy atom. The van der Waals surface area contributed by atoms with Gasteiger partial charge in [-0.15, -0.1) is 0 Å². The van der Waals surface area contributed by atoms with Crippen LogP contribution in [0, 0.1) is 11.8 Å². The second kappa shape index (κ2) is 5.80. The summed E-state index contributed by atoms with van der Waals surface area (Å²) in [6.45, 7) is 6.10. The first-order chi connectivity index (χ1) is 7.83. The van der Waals surface area contributed by atoms with Crippen molar-refractivity contribution in [3.63, 3.8) is 0 Å². The summed E-state index contributed by atoms with van der Waals surface area (Å²) in [5.41, 5.74) is -0.607. The van der Waals surface area contributed by atoms with Crippen molar-refractivity contribution in [1.82, 2.24) is 0 Å². The molecule has 0 amide bonds. The zero-order valence-corrected chi connectivity index (χ0v) is 12.1. The zero-order chi connectivity index (χ0) is 13.1. The summed E-state index contributed by atoms with van der Waals surface area (Å²) in [6, 6.07) is 0. The van der Waals surface area contributed by atoms with Crippen molar-refractivity contribution >= 4 is 9.05 Å². The highest BCUT2D eigenvalue weighted by molar-refractivity contribution is 6.48. The smallest absolute Gasteiger partial charge is 0.368 e. The minimum atomic E-state index is -4.46. The molecular weight excluding hydrogens is 236 g/mol. The molecule has 0 saturated heterocycles. The van der Waals surface area contributed by atoms with Gasteiger partial charge in [-0.05, 0) is 31.6 Å². The third kappa shape index (κ3) is 3.76. The molecule has 4 nitrogen and oxygen atoms in total. The van der Waals surface area contributed by atoms with Gasteiger partial charge in [0.15, 0.2) is 0 Å². The molecule has 0 heterocycles. The minimum Gasteiger partial charge on any atom is -0.368 e. The lowest BCUT2D eigenvalue weighted by Crippen LogP contribution is -2.54. The Morgan fingerprint density at radius 1 is 1.18 bits per heavy atom. The van der Waals surface area contributed by atoms with Crippen LogP contribution in [-0.2, 0) is 4.43 Å². The van der Waals surface area contributed by atoms with E-state index in [1.807, 2.05) is 6.92 Å². The van der Waals surface area contributed by atoms with Crippen LogP contribution in [0.2, 0.25) is 0 Å². The molecule has 0 aromatic heterocycles. The molecule has 17 heavy (non-hydrogen) atoms. The Bertz CT molecular complexity index is 227. The van der Waals surface area contributed by atoms with Gasteiger partial charge in [0, 0.05) is 0 Å². The van der Waals surface area contributed by atoms with Crippen LogP contribution in [0.3, 0.4) is 0 Å². The summed E-state index contributed by atoms with van der Waals surface area (Å²) in [6.07, 6.45) is 6.29. The molecule has 0 aromatic carbocycles. The summed E-state index contributed by atoms with van der Waals surface area (Å²) >= 11 is 0. The Hall–Kier alpha value is 0.0569. The topological polar surface area (TPSA) is 69.9 Å². The summed E-state index contributed by atoms with van der Waals surface area (Å²) in [5, 5.41) is 0. The van der Waals surface area contributed by atoms with E-state index in [0.717, 1.165) is 25.7 Å². The van der Waals surface area contributed by atoms with Crippen LogP contribution in [0.25, 0.3) is 0 Å². The van der Waals surface area contributed by atoms with Crippen molar-refractivity contribution in [1.29, 1.82) is 0 Å². The van der Waals surface area contributed by atoms with Crippen molar-refractivity contribution in [3.05, 3.63) is 0 Å². The number of hydrogen-bond acceptors (Lipinski definition) is 4. The molecule has 0 bridgehead atoms. The fourth-order valence-electron chi connectivity index (χ4n) is 3.39. The van der Waals surface area contributed by atoms with Gasteiger partial charge in [-0.2, -0.15) is 0 Å². The molecule has 3 N–H and O–H groups in total. The first-order valence-corrected chi connectivity index (χ1v) is 8.45. The lowest BCUT2D eigenvalue weighted by molar-refractivity contribution is -0.100. The molecule has 0 radical (unpaired) electrons. The Labute approximate surface area is 105 Å². The Balaban J connectivity index is 2.89. The van der Waals surface area contributed by atoms with Crippen LogP contribution in [0.5, 0.6) is 0 Å². The third-order valence-corrected chi connectivity index (χ3v) is 5.03. The van der Waals surface area contributed by atoms with Crippen molar-refractivity contribution in [3.8, 4) is 0 Å². The van der Waals surface area contributed by atoms with Crippen LogP contribution in [0.15, 0.2) is 0 Å². The maximum atomic E-state index is 9.28. The van der Waals surface area contributed by atoms with Gasteiger partial charge in [0.1, 0.15) is 0 Å². The van der Waals surface area contributed by atoms with Crippen LogP contribution in [-0.4, -0.2) is 29.0 Å². The number of hydrogen-bond donors (Lipinski definition) is 3. The van der Waals surface area contributed by atoms with Gasteiger partial charge in [0.2, 0.25) is 0 Å². The van der Waals surface area contributed by atoms with Crippen LogP contribution in [0.4, 0.5) is 0 Å². The fourth-order valence-corrected chi connectivity index (χ4v) is 4.32. The van der Waals surface area contributed by atoms with E-state index < -0.39 is 14.6 Å². The average Bonchev–Trinajstić information content (AvgIpc) is 2.69. The van der Waals surface area contributed by atoms with Crippen LogP contribution < -0.4 is 0 Å². The first kappa shape index (κ1) is 15.1. The van der Waals surface area contributed by atoms with E-state index >= 15 is 0 Å². The average molecular weight is 262 g/mol. The SMILES string of the molecule is CCC(CC)C(C)(O[Si](O)(O)O)C1CCCC1. The van der Waals surface area contributed by atoms with E-state index in [1.165, 1.54) is 12.8 Å². The molecule has 0 aromatic rings. The second-order valence-corrected chi connectivity index (χ2v) is 6.71. The van der Waals surface area contributed by atoms with Gasteiger partial charge in [-0.25, -0.2) is 0 Å². The molecule has 102 valence electrons. The summed E-state index contributed by atoms with van der Waals surface area (Å²) in [5.74, 6) is 0.578. The Kier molecular flexibility index (Phi) is 5.16. The highest BCUT2D eigenvalue weighted by atomic mass is 28.4. The highest BCUT2D eigenvalue weighted by Crippen LogP contribution is 2.43. The molecule has 1 aliphatic carbocycles. The minimum absolute atomic E-state index is 0.254. The van der Waals surface area contributed by atoms with Gasteiger partial charge in [0.25, 0.3) is 0 Å². The molecule has 0 spiro atoms. The molecule has 1 unspecified atom stereocenters. The first-order valence-electron chi connectivity index (χ1n) is 6.70.